The summed E-state index contributed by atoms with van der Waals surface area (Å²) in [6.45, 7) is 2.87. The number of nitrogens with zero attached hydrogens (tertiary/aromatic N) is 2. The van der Waals surface area contributed by atoms with Crippen LogP contribution in [0.3, 0.4) is 0 Å². The van der Waals surface area contributed by atoms with Gasteiger partial charge in [0.1, 0.15) is 0 Å². The monoisotopic (exact) mass is 250 g/mol. The molecule has 1 heterocycles. The number of methoxy groups -OCH3 is 1. The fraction of sp³-hybridized carbons (Fsp3) is 0.462. The molecule has 0 unspecified atom stereocenters. The molecular weight excluding hydrogens is 232 g/mol. The van der Waals surface area contributed by atoms with Crippen molar-refractivity contribution in [2.24, 2.45) is 0 Å². The van der Waals surface area contributed by atoms with Crippen molar-refractivity contribution in [3.05, 3.63) is 30.1 Å². The molecule has 1 aromatic rings. The molecular formula is C13H18N2O3. The van der Waals surface area contributed by atoms with E-state index >= 15 is 0 Å². The minimum atomic E-state index is -0.301. The van der Waals surface area contributed by atoms with E-state index in [1.165, 1.54) is 7.11 Å². The topological polar surface area (TPSA) is 59.5 Å². The predicted octanol–water partition coefficient (Wildman–Crippen LogP) is 1.04. The van der Waals surface area contributed by atoms with E-state index in [1.54, 1.807) is 17.3 Å². The highest BCUT2D eigenvalue weighted by Gasteiger charge is 2.13. The summed E-state index contributed by atoms with van der Waals surface area (Å²) in [6.07, 6.45) is 3.88. The molecule has 18 heavy (non-hydrogen) atoms. The summed E-state index contributed by atoms with van der Waals surface area (Å²) >= 11 is 0. The molecule has 1 amide bonds. The second-order valence-electron chi connectivity index (χ2n) is 3.83. The minimum Gasteiger partial charge on any atom is -0.469 e. The standard InChI is InChI=1S/C13H18N2O3/c1-3-15(9-6-13(17)18-2)12(16)10-11-4-7-14-8-5-11/h4-5,7-8H,3,6,9-10H2,1-2H3. The molecule has 0 N–H and O–H groups in total. The van der Waals surface area contributed by atoms with Crippen molar-refractivity contribution in [3.8, 4) is 0 Å². The molecule has 0 radical (unpaired) electrons. The lowest BCUT2D eigenvalue weighted by Crippen LogP contribution is -2.34. The Morgan fingerprint density at radius 3 is 2.56 bits per heavy atom. The Morgan fingerprint density at radius 1 is 1.33 bits per heavy atom. The molecule has 0 saturated carbocycles. The number of ether oxygens (including phenoxy) is 1. The van der Waals surface area contributed by atoms with E-state index in [2.05, 4.69) is 9.72 Å². The van der Waals surface area contributed by atoms with Crippen molar-refractivity contribution in [1.29, 1.82) is 0 Å². The summed E-state index contributed by atoms with van der Waals surface area (Å²) in [5.74, 6) is -0.294. The van der Waals surface area contributed by atoms with Crippen LogP contribution in [0.25, 0.3) is 0 Å². The molecule has 1 rings (SSSR count). The minimum absolute atomic E-state index is 0.00704. The summed E-state index contributed by atoms with van der Waals surface area (Å²) in [4.78, 5) is 28.6. The van der Waals surface area contributed by atoms with Gasteiger partial charge >= 0.3 is 5.97 Å². The normalized spacial score (nSPS) is 9.89. The molecule has 1 aromatic heterocycles. The first-order valence-corrected chi connectivity index (χ1v) is 5.90. The zero-order valence-corrected chi connectivity index (χ0v) is 10.8. The summed E-state index contributed by atoms with van der Waals surface area (Å²) < 4.78 is 4.56. The van der Waals surface area contributed by atoms with E-state index in [9.17, 15) is 9.59 Å². The maximum Gasteiger partial charge on any atom is 0.307 e. The summed E-state index contributed by atoms with van der Waals surface area (Å²) in [5, 5.41) is 0. The number of amides is 1. The highest BCUT2D eigenvalue weighted by atomic mass is 16.5. The average molecular weight is 250 g/mol. The van der Waals surface area contributed by atoms with Crippen LogP contribution in [0.2, 0.25) is 0 Å². The maximum atomic E-state index is 12.0. The first-order chi connectivity index (χ1) is 8.67. The van der Waals surface area contributed by atoms with E-state index in [0.717, 1.165) is 5.56 Å². The Balaban J connectivity index is 2.49. The second-order valence-corrected chi connectivity index (χ2v) is 3.83. The van der Waals surface area contributed by atoms with E-state index in [-0.39, 0.29) is 18.3 Å². The van der Waals surface area contributed by atoms with Crippen LogP contribution in [0.4, 0.5) is 0 Å². The zero-order valence-electron chi connectivity index (χ0n) is 10.8. The number of hydrogen-bond acceptors (Lipinski definition) is 4. The highest BCUT2D eigenvalue weighted by molar-refractivity contribution is 5.79. The third-order valence-electron chi connectivity index (χ3n) is 2.65. The predicted molar refractivity (Wildman–Crippen MR) is 66.8 cm³/mol. The lowest BCUT2D eigenvalue weighted by atomic mass is 10.2. The molecule has 0 fully saturated rings. The van der Waals surface area contributed by atoms with Gasteiger partial charge in [0.2, 0.25) is 5.91 Å². The molecule has 0 aliphatic carbocycles. The number of aromatic nitrogens is 1. The van der Waals surface area contributed by atoms with Crippen LogP contribution < -0.4 is 0 Å². The van der Waals surface area contributed by atoms with Crippen LogP contribution in [0.15, 0.2) is 24.5 Å². The number of carbonyl (C=O) groups excluding carboxylic acids is 2. The zero-order chi connectivity index (χ0) is 13.4. The molecule has 98 valence electrons. The van der Waals surface area contributed by atoms with Crippen molar-refractivity contribution in [1.82, 2.24) is 9.88 Å². The first-order valence-electron chi connectivity index (χ1n) is 5.90. The lowest BCUT2D eigenvalue weighted by molar-refractivity contribution is -0.141. The van der Waals surface area contributed by atoms with Crippen LogP contribution in [-0.4, -0.2) is 42.0 Å². The van der Waals surface area contributed by atoms with Crippen LogP contribution in [0, 0.1) is 0 Å². The Morgan fingerprint density at radius 2 is 2.00 bits per heavy atom. The van der Waals surface area contributed by atoms with Crippen molar-refractivity contribution in [2.75, 3.05) is 20.2 Å². The maximum absolute atomic E-state index is 12.0. The fourth-order valence-corrected chi connectivity index (χ4v) is 1.57. The van der Waals surface area contributed by atoms with E-state index in [1.807, 2.05) is 19.1 Å². The van der Waals surface area contributed by atoms with Crippen molar-refractivity contribution in [3.63, 3.8) is 0 Å². The third-order valence-corrected chi connectivity index (χ3v) is 2.65. The van der Waals surface area contributed by atoms with Crippen LogP contribution >= 0.6 is 0 Å². The van der Waals surface area contributed by atoms with Gasteiger partial charge in [-0.15, -0.1) is 0 Å². The van der Waals surface area contributed by atoms with E-state index in [4.69, 9.17) is 0 Å². The SMILES string of the molecule is CCN(CCC(=O)OC)C(=O)Cc1ccncc1. The summed E-state index contributed by atoms with van der Waals surface area (Å²) in [6, 6.07) is 3.62. The Hall–Kier alpha value is -1.91. The largest absolute Gasteiger partial charge is 0.469 e. The van der Waals surface area contributed by atoms with Gasteiger partial charge in [-0.1, -0.05) is 0 Å². The number of likely N-dealkylation sites (N-methyl/N-ethyl adjacent to an activating group) is 1. The Labute approximate surface area is 107 Å². The van der Waals surface area contributed by atoms with Gasteiger partial charge < -0.3 is 9.64 Å². The molecule has 0 atom stereocenters. The van der Waals surface area contributed by atoms with Crippen LogP contribution in [0.1, 0.15) is 18.9 Å². The van der Waals surface area contributed by atoms with E-state index in [0.29, 0.717) is 19.5 Å². The summed E-state index contributed by atoms with van der Waals surface area (Å²) in [5.41, 5.74) is 0.923. The highest BCUT2D eigenvalue weighted by Crippen LogP contribution is 2.03. The number of rotatable bonds is 6. The quantitative estimate of drug-likeness (QED) is 0.708. The first kappa shape index (κ1) is 14.2. The molecule has 5 heteroatoms. The van der Waals surface area contributed by atoms with Gasteiger partial charge in [-0.2, -0.15) is 0 Å². The number of carbonyl (C=O) groups is 2. The molecule has 0 spiro atoms. The number of pyridine rings is 1. The van der Waals surface area contributed by atoms with E-state index < -0.39 is 0 Å². The van der Waals surface area contributed by atoms with Crippen molar-refractivity contribution < 1.29 is 14.3 Å². The molecule has 0 bridgehead atoms. The van der Waals surface area contributed by atoms with Gasteiger partial charge in [0.05, 0.1) is 20.0 Å². The molecule has 5 nitrogen and oxygen atoms in total. The second kappa shape index (κ2) is 7.42. The Bertz CT molecular complexity index is 392. The molecule has 0 saturated heterocycles. The van der Waals surface area contributed by atoms with Gasteiger partial charge in [-0.25, -0.2) is 0 Å². The number of hydrogen-bond donors (Lipinski definition) is 0. The van der Waals surface area contributed by atoms with Gasteiger partial charge in [-0.3, -0.25) is 14.6 Å². The van der Waals surface area contributed by atoms with Crippen molar-refractivity contribution >= 4 is 11.9 Å². The third kappa shape index (κ3) is 4.53. The smallest absolute Gasteiger partial charge is 0.307 e. The van der Waals surface area contributed by atoms with Gasteiger partial charge in [0.25, 0.3) is 0 Å². The van der Waals surface area contributed by atoms with Crippen LogP contribution in [-0.2, 0) is 20.7 Å². The van der Waals surface area contributed by atoms with Crippen LogP contribution in [0.5, 0.6) is 0 Å². The van der Waals surface area contributed by atoms with Gasteiger partial charge in [0.15, 0.2) is 0 Å². The summed E-state index contributed by atoms with van der Waals surface area (Å²) in [7, 11) is 1.34. The van der Waals surface area contributed by atoms with Gasteiger partial charge in [-0.05, 0) is 24.6 Å². The lowest BCUT2D eigenvalue weighted by Gasteiger charge is -2.20. The van der Waals surface area contributed by atoms with Crippen molar-refractivity contribution in [2.45, 2.75) is 19.8 Å². The average Bonchev–Trinajstić information content (AvgIpc) is 2.40. The van der Waals surface area contributed by atoms with Gasteiger partial charge in [0, 0.05) is 25.5 Å². The number of esters is 1. The molecule has 0 aliphatic heterocycles. The Kier molecular flexibility index (Phi) is 5.84. The fourth-order valence-electron chi connectivity index (χ4n) is 1.57. The molecule has 0 aromatic carbocycles. The molecule has 0 aliphatic rings.